The summed E-state index contributed by atoms with van der Waals surface area (Å²) in [4.78, 5) is 20.9. The predicted molar refractivity (Wildman–Crippen MR) is 173 cm³/mol. The molecule has 0 radical (unpaired) electrons. The van der Waals surface area contributed by atoms with E-state index in [2.05, 4.69) is 47.1 Å². The Balaban J connectivity index is 1.44. The largest absolute Gasteiger partial charge is 0.497 e. The highest BCUT2D eigenvalue weighted by molar-refractivity contribution is 9.10. The van der Waals surface area contributed by atoms with Gasteiger partial charge < -0.3 is 14.2 Å². The van der Waals surface area contributed by atoms with Crippen molar-refractivity contribution < 1.29 is 19.0 Å². The number of benzene rings is 4. The van der Waals surface area contributed by atoms with E-state index in [0.717, 1.165) is 32.6 Å². The zero-order valence-electron chi connectivity index (χ0n) is 23.7. The molecular weight excluding hydrogens is 612 g/mol. The van der Waals surface area contributed by atoms with Gasteiger partial charge in [-0.1, -0.05) is 76.1 Å². The monoisotopic (exact) mass is 642 g/mol. The zero-order chi connectivity index (χ0) is 29.5. The first-order valence-electron chi connectivity index (χ1n) is 13.6. The number of carbonyl (C=O) groups excluding carboxylic acids is 1. The van der Waals surface area contributed by atoms with Crippen LogP contribution in [0.3, 0.4) is 0 Å². The van der Waals surface area contributed by atoms with Crippen molar-refractivity contribution in [3.05, 3.63) is 123 Å². The van der Waals surface area contributed by atoms with E-state index in [1.54, 1.807) is 12.0 Å². The molecule has 1 aliphatic heterocycles. The fraction of sp³-hybridized carbons (Fsp3) is 0.176. The molecule has 1 fully saturated rings. The summed E-state index contributed by atoms with van der Waals surface area (Å²) < 4.78 is 18.2. The number of thioether (sulfide) groups is 1. The lowest BCUT2D eigenvalue weighted by Crippen LogP contribution is -2.28. The Kier molecular flexibility index (Phi) is 9.66. The van der Waals surface area contributed by atoms with Gasteiger partial charge in [-0.15, -0.1) is 0 Å². The van der Waals surface area contributed by atoms with Crippen LogP contribution in [-0.4, -0.2) is 29.7 Å². The van der Waals surface area contributed by atoms with Gasteiger partial charge in [-0.2, -0.15) is 0 Å². The lowest BCUT2D eigenvalue weighted by Gasteiger charge is -2.16. The molecule has 0 aliphatic carbocycles. The number of aliphatic imine (C=N–C) groups is 1. The maximum atomic E-state index is 13.8. The topological polar surface area (TPSA) is 60.4 Å². The fourth-order valence-corrected chi connectivity index (χ4v) is 5.71. The van der Waals surface area contributed by atoms with Crippen LogP contribution in [0.1, 0.15) is 29.2 Å². The third-order valence-corrected chi connectivity index (χ3v) is 8.23. The van der Waals surface area contributed by atoms with Gasteiger partial charge in [0.05, 0.1) is 30.9 Å². The van der Waals surface area contributed by atoms with Gasteiger partial charge in [0, 0.05) is 4.47 Å². The quantitative estimate of drug-likeness (QED) is 0.162. The summed E-state index contributed by atoms with van der Waals surface area (Å²) in [6.45, 7) is 5.28. The minimum Gasteiger partial charge on any atom is -0.497 e. The molecule has 5 rings (SSSR count). The Hall–Kier alpha value is -4.01. The summed E-state index contributed by atoms with van der Waals surface area (Å²) in [7, 11) is 1.63. The normalized spacial score (nSPS) is 15.0. The van der Waals surface area contributed by atoms with Crippen LogP contribution in [0.5, 0.6) is 17.2 Å². The van der Waals surface area contributed by atoms with Crippen molar-refractivity contribution in [2.45, 2.75) is 27.0 Å². The van der Waals surface area contributed by atoms with Crippen LogP contribution in [-0.2, 0) is 17.9 Å². The zero-order valence-corrected chi connectivity index (χ0v) is 26.1. The number of rotatable bonds is 10. The minimum absolute atomic E-state index is 0.116. The van der Waals surface area contributed by atoms with Crippen LogP contribution in [0.15, 0.2) is 105 Å². The van der Waals surface area contributed by atoms with E-state index >= 15 is 0 Å². The molecule has 0 bridgehead atoms. The number of ether oxygens (including phenoxy) is 3. The molecule has 4 aromatic carbocycles. The van der Waals surface area contributed by atoms with Crippen LogP contribution in [0.25, 0.3) is 6.08 Å². The molecule has 0 spiro atoms. The highest BCUT2D eigenvalue weighted by atomic mass is 79.9. The first kappa shape index (κ1) is 29.5. The molecule has 0 atom stereocenters. The Morgan fingerprint density at radius 1 is 0.905 bits per heavy atom. The summed E-state index contributed by atoms with van der Waals surface area (Å²) in [6, 6.07) is 29.4. The molecule has 0 aromatic heterocycles. The van der Waals surface area contributed by atoms with E-state index in [1.165, 1.54) is 17.3 Å². The van der Waals surface area contributed by atoms with Crippen LogP contribution in [0.4, 0.5) is 5.69 Å². The molecule has 1 amide bonds. The highest BCUT2D eigenvalue weighted by Crippen LogP contribution is 2.39. The van der Waals surface area contributed by atoms with Gasteiger partial charge in [0.15, 0.2) is 16.7 Å². The lowest BCUT2D eigenvalue weighted by molar-refractivity contribution is -0.122. The maximum absolute atomic E-state index is 13.8. The van der Waals surface area contributed by atoms with Crippen molar-refractivity contribution in [1.82, 2.24) is 4.90 Å². The van der Waals surface area contributed by atoms with Gasteiger partial charge in [0.25, 0.3) is 5.91 Å². The third-order valence-electron chi connectivity index (χ3n) is 6.53. The molecule has 214 valence electrons. The summed E-state index contributed by atoms with van der Waals surface area (Å²) in [5, 5.41) is 0.618. The van der Waals surface area contributed by atoms with Crippen molar-refractivity contribution in [3.8, 4) is 17.2 Å². The van der Waals surface area contributed by atoms with Crippen LogP contribution in [0.2, 0.25) is 0 Å². The molecule has 0 unspecified atom stereocenters. The smallest absolute Gasteiger partial charge is 0.267 e. The minimum atomic E-state index is -0.116. The Morgan fingerprint density at radius 2 is 1.60 bits per heavy atom. The summed E-state index contributed by atoms with van der Waals surface area (Å²) in [5.41, 5.74) is 4.83. The first-order valence-corrected chi connectivity index (χ1v) is 15.2. The number of aryl methyl sites for hydroxylation is 1. The summed E-state index contributed by atoms with van der Waals surface area (Å²) >= 11 is 5.04. The Bertz CT molecular complexity index is 1600. The second-order valence-corrected chi connectivity index (χ2v) is 11.5. The average Bonchev–Trinajstić information content (AvgIpc) is 3.28. The number of amidine groups is 1. The highest BCUT2D eigenvalue weighted by Gasteiger charge is 2.34. The molecule has 1 aliphatic rings. The van der Waals surface area contributed by atoms with E-state index in [-0.39, 0.29) is 5.91 Å². The molecule has 0 N–H and O–H groups in total. The molecule has 1 saturated heterocycles. The number of methoxy groups -OCH3 is 1. The molecule has 42 heavy (non-hydrogen) atoms. The van der Waals surface area contributed by atoms with E-state index < -0.39 is 0 Å². The second-order valence-electron chi connectivity index (χ2n) is 9.61. The number of para-hydroxylation sites is 1. The van der Waals surface area contributed by atoms with Gasteiger partial charge in [-0.05, 0) is 84.8 Å². The SMILES string of the molecule is CCOc1cc(/C=C2\SC(=Nc3ccccc3)N(Cc3ccc(OC)cc3)C2=O)c(Br)cc1OCc1ccc(C)cc1. The van der Waals surface area contributed by atoms with E-state index in [0.29, 0.717) is 41.3 Å². The number of amides is 1. The number of hydrogen-bond acceptors (Lipinski definition) is 6. The van der Waals surface area contributed by atoms with E-state index in [4.69, 9.17) is 19.2 Å². The van der Waals surface area contributed by atoms with Crippen LogP contribution < -0.4 is 14.2 Å². The summed E-state index contributed by atoms with van der Waals surface area (Å²) in [5.74, 6) is 1.89. The van der Waals surface area contributed by atoms with Crippen molar-refractivity contribution in [3.63, 3.8) is 0 Å². The molecule has 8 heteroatoms. The first-order chi connectivity index (χ1) is 20.4. The van der Waals surface area contributed by atoms with Gasteiger partial charge in [-0.25, -0.2) is 4.99 Å². The molecule has 1 heterocycles. The van der Waals surface area contributed by atoms with Crippen molar-refractivity contribution >= 4 is 50.5 Å². The predicted octanol–water partition coefficient (Wildman–Crippen LogP) is 8.55. The Morgan fingerprint density at radius 3 is 2.29 bits per heavy atom. The third kappa shape index (κ3) is 7.24. The van der Waals surface area contributed by atoms with Crippen LogP contribution in [0, 0.1) is 6.92 Å². The van der Waals surface area contributed by atoms with Gasteiger partial charge in [0.1, 0.15) is 12.4 Å². The average molecular weight is 644 g/mol. The number of nitrogens with zero attached hydrogens (tertiary/aromatic N) is 2. The number of hydrogen-bond donors (Lipinski definition) is 0. The number of carbonyl (C=O) groups is 1. The second kappa shape index (κ2) is 13.8. The van der Waals surface area contributed by atoms with Crippen molar-refractivity contribution in [1.29, 1.82) is 0 Å². The standard InChI is InChI=1S/C34H31BrN2O4S/c1-4-40-30-18-26(29(35)20-31(30)41-22-25-12-10-23(2)11-13-25)19-32-33(38)37(21-24-14-16-28(39-3)17-15-24)34(42-32)36-27-8-6-5-7-9-27/h5-20H,4,21-22H2,1-3H3/b32-19-,36-34?. The molecule has 6 nitrogen and oxygen atoms in total. The molecule has 0 saturated carbocycles. The van der Waals surface area contributed by atoms with Crippen molar-refractivity contribution in [2.75, 3.05) is 13.7 Å². The Labute approximate surface area is 259 Å². The van der Waals surface area contributed by atoms with E-state index in [1.807, 2.05) is 79.7 Å². The van der Waals surface area contributed by atoms with E-state index in [9.17, 15) is 4.79 Å². The number of halogens is 1. The van der Waals surface area contributed by atoms with Gasteiger partial charge in [-0.3, -0.25) is 9.69 Å². The molecular formula is C34H31BrN2O4S. The summed E-state index contributed by atoms with van der Waals surface area (Å²) in [6.07, 6.45) is 1.87. The fourth-order valence-electron chi connectivity index (χ4n) is 4.29. The van der Waals surface area contributed by atoms with Crippen LogP contribution >= 0.6 is 27.7 Å². The molecule has 4 aromatic rings. The van der Waals surface area contributed by atoms with Gasteiger partial charge in [0.2, 0.25) is 0 Å². The lowest BCUT2D eigenvalue weighted by atomic mass is 10.1. The van der Waals surface area contributed by atoms with Gasteiger partial charge >= 0.3 is 0 Å². The van der Waals surface area contributed by atoms with Crippen molar-refractivity contribution in [2.24, 2.45) is 4.99 Å². The maximum Gasteiger partial charge on any atom is 0.267 e.